The molecule has 2 unspecified atom stereocenters. The Kier molecular flexibility index (Phi) is 9.73. The molecule has 2 N–H and O–H groups in total. The maximum Gasteiger partial charge on any atom is 0.254 e. The number of aryl methyl sites for hydroxylation is 1. The molecule has 0 spiro atoms. The Morgan fingerprint density at radius 2 is 2.07 bits per heavy atom. The van der Waals surface area contributed by atoms with Crippen LogP contribution in [0.1, 0.15) is 41.4 Å². The molecule has 0 aliphatic carbocycles. The SMILES string of the molecule is Cc1ccc(OCc2cccc(C(=O)N3CCC(C)CC3CN)c2)cn1.Cl.Cl. The number of nitrogens with zero attached hydrogens (tertiary/aromatic N) is 2. The van der Waals surface area contributed by atoms with E-state index in [-0.39, 0.29) is 36.8 Å². The number of carbonyl (C=O) groups excluding carboxylic acids is 1. The van der Waals surface area contributed by atoms with Crippen LogP contribution in [0.2, 0.25) is 0 Å². The Hall–Kier alpha value is -1.82. The summed E-state index contributed by atoms with van der Waals surface area (Å²) in [6.45, 7) is 5.86. The average Bonchev–Trinajstić information content (AvgIpc) is 2.67. The van der Waals surface area contributed by atoms with Crippen LogP contribution in [0.4, 0.5) is 0 Å². The number of benzene rings is 1. The highest BCUT2D eigenvalue weighted by molar-refractivity contribution is 5.94. The van der Waals surface area contributed by atoms with Gasteiger partial charge in [0.1, 0.15) is 12.4 Å². The van der Waals surface area contributed by atoms with Gasteiger partial charge in [0.15, 0.2) is 0 Å². The number of likely N-dealkylation sites (tertiary alicyclic amines) is 1. The second kappa shape index (κ2) is 11.2. The molecule has 0 radical (unpaired) electrons. The minimum Gasteiger partial charge on any atom is -0.487 e. The van der Waals surface area contributed by atoms with Gasteiger partial charge in [0, 0.05) is 30.4 Å². The van der Waals surface area contributed by atoms with E-state index in [1.807, 2.05) is 48.2 Å². The number of carbonyl (C=O) groups is 1. The van der Waals surface area contributed by atoms with Crippen LogP contribution in [0.25, 0.3) is 0 Å². The molecule has 1 aromatic carbocycles. The topological polar surface area (TPSA) is 68.5 Å². The van der Waals surface area contributed by atoms with E-state index in [4.69, 9.17) is 10.5 Å². The van der Waals surface area contributed by atoms with Crippen molar-refractivity contribution in [1.82, 2.24) is 9.88 Å². The third-order valence-corrected chi connectivity index (χ3v) is 4.97. The first-order chi connectivity index (χ1) is 12.6. The van der Waals surface area contributed by atoms with Crippen molar-refractivity contribution in [3.63, 3.8) is 0 Å². The second-order valence-electron chi connectivity index (χ2n) is 7.14. The van der Waals surface area contributed by atoms with Crippen molar-refractivity contribution < 1.29 is 9.53 Å². The molecule has 1 amide bonds. The van der Waals surface area contributed by atoms with Gasteiger partial charge in [-0.25, -0.2) is 0 Å². The van der Waals surface area contributed by atoms with Gasteiger partial charge >= 0.3 is 0 Å². The summed E-state index contributed by atoms with van der Waals surface area (Å²) in [5.74, 6) is 1.40. The van der Waals surface area contributed by atoms with E-state index in [2.05, 4.69) is 11.9 Å². The first kappa shape index (κ1) is 24.2. The Morgan fingerprint density at radius 1 is 1.29 bits per heavy atom. The molecule has 1 fully saturated rings. The summed E-state index contributed by atoms with van der Waals surface area (Å²) < 4.78 is 5.78. The molecule has 1 aliphatic heterocycles. The van der Waals surface area contributed by atoms with E-state index in [0.717, 1.165) is 36.4 Å². The Balaban J connectivity index is 0.00000196. The Morgan fingerprint density at radius 3 is 2.75 bits per heavy atom. The van der Waals surface area contributed by atoms with Crippen molar-refractivity contribution in [1.29, 1.82) is 0 Å². The summed E-state index contributed by atoms with van der Waals surface area (Å²) in [6, 6.07) is 11.6. The van der Waals surface area contributed by atoms with Crippen LogP contribution in [-0.2, 0) is 6.61 Å². The maximum absolute atomic E-state index is 13.0. The average molecular weight is 426 g/mol. The molecule has 0 saturated carbocycles. The molecule has 28 heavy (non-hydrogen) atoms. The van der Waals surface area contributed by atoms with Gasteiger partial charge in [-0.1, -0.05) is 19.1 Å². The zero-order chi connectivity index (χ0) is 18.5. The first-order valence-electron chi connectivity index (χ1n) is 9.22. The molecule has 3 rings (SSSR count). The van der Waals surface area contributed by atoms with Gasteiger partial charge in [-0.05, 0) is 55.5 Å². The van der Waals surface area contributed by atoms with E-state index in [1.165, 1.54) is 0 Å². The quantitative estimate of drug-likeness (QED) is 0.785. The molecule has 2 aromatic rings. The summed E-state index contributed by atoms with van der Waals surface area (Å²) >= 11 is 0. The molecule has 1 aromatic heterocycles. The summed E-state index contributed by atoms with van der Waals surface area (Å²) in [6.07, 6.45) is 3.72. The third-order valence-electron chi connectivity index (χ3n) is 4.97. The zero-order valence-corrected chi connectivity index (χ0v) is 18.0. The lowest BCUT2D eigenvalue weighted by molar-refractivity contribution is 0.0573. The fourth-order valence-corrected chi connectivity index (χ4v) is 3.41. The predicted molar refractivity (Wildman–Crippen MR) is 117 cm³/mol. The smallest absolute Gasteiger partial charge is 0.254 e. The van der Waals surface area contributed by atoms with E-state index in [9.17, 15) is 4.79 Å². The highest BCUT2D eigenvalue weighted by Crippen LogP contribution is 2.24. The van der Waals surface area contributed by atoms with Crippen molar-refractivity contribution >= 4 is 30.7 Å². The standard InChI is InChI=1S/C21H27N3O2.2ClH/c1-15-8-9-24(19(10-15)12-22)21(25)18-5-3-4-17(11-18)14-26-20-7-6-16(2)23-13-20;;/h3-7,11,13,15,19H,8-10,12,14,22H2,1-2H3;2*1H. The summed E-state index contributed by atoms with van der Waals surface area (Å²) in [5, 5.41) is 0. The molecule has 0 bridgehead atoms. The molecule has 1 aliphatic rings. The van der Waals surface area contributed by atoms with Gasteiger partial charge in [-0.3, -0.25) is 9.78 Å². The number of hydrogen-bond acceptors (Lipinski definition) is 4. The summed E-state index contributed by atoms with van der Waals surface area (Å²) in [4.78, 5) is 19.1. The lowest BCUT2D eigenvalue weighted by atomic mass is 9.92. The molecule has 2 heterocycles. The van der Waals surface area contributed by atoms with Crippen molar-refractivity contribution in [2.45, 2.75) is 39.3 Å². The Bertz CT molecular complexity index is 756. The van der Waals surface area contributed by atoms with Gasteiger partial charge in [0.25, 0.3) is 5.91 Å². The van der Waals surface area contributed by atoms with Crippen LogP contribution in [0, 0.1) is 12.8 Å². The second-order valence-corrected chi connectivity index (χ2v) is 7.14. The molecule has 154 valence electrons. The van der Waals surface area contributed by atoms with Gasteiger partial charge in [-0.2, -0.15) is 0 Å². The minimum atomic E-state index is 0. The fourth-order valence-electron chi connectivity index (χ4n) is 3.41. The van der Waals surface area contributed by atoms with Crippen molar-refractivity contribution in [3.05, 3.63) is 59.4 Å². The van der Waals surface area contributed by atoms with Gasteiger partial charge in [0.05, 0.1) is 6.20 Å². The normalized spacial score (nSPS) is 18.6. The van der Waals surface area contributed by atoms with Gasteiger partial charge < -0.3 is 15.4 Å². The van der Waals surface area contributed by atoms with Crippen LogP contribution in [0.5, 0.6) is 5.75 Å². The van der Waals surface area contributed by atoms with Crippen LogP contribution < -0.4 is 10.5 Å². The number of rotatable bonds is 5. The number of amides is 1. The van der Waals surface area contributed by atoms with Gasteiger partial charge in [-0.15, -0.1) is 24.8 Å². The summed E-state index contributed by atoms with van der Waals surface area (Å²) in [7, 11) is 0. The molecule has 2 atom stereocenters. The molecular formula is C21H29Cl2N3O2. The number of nitrogens with two attached hydrogens (primary N) is 1. The van der Waals surface area contributed by atoms with Gasteiger partial charge in [0.2, 0.25) is 0 Å². The van der Waals surface area contributed by atoms with E-state index >= 15 is 0 Å². The van der Waals surface area contributed by atoms with Crippen LogP contribution in [0.3, 0.4) is 0 Å². The lowest BCUT2D eigenvalue weighted by Crippen LogP contribution is -2.49. The third kappa shape index (κ3) is 6.09. The lowest BCUT2D eigenvalue weighted by Gasteiger charge is -2.38. The minimum absolute atomic E-state index is 0. The summed E-state index contributed by atoms with van der Waals surface area (Å²) in [5.41, 5.74) is 8.52. The molecule has 5 nitrogen and oxygen atoms in total. The highest BCUT2D eigenvalue weighted by Gasteiger charge is 2.29. The van der Waals surface area contributed by atoms with Crippen LogP contribution in [0.15, 0.2) is 42.6 Å². The number of aromatic nitrogens is 1. The van der Waals surface area contributed by atoms with Crippen molar-refractivity contribution in [2.24, 2.45) is 11.7 Å². The number of pyridine rings is 1. The monoisotopic (exact) mass is 425 g/mol. The fraction of sp³-hybridized carbons (Fsp3) is 0.429. The number of ether oxygens (including phenoxy) is 1. The molecule has 7 heteroatoms. The number of hydrogen-bond donors (Lipinski definition) is 1. The Labute approximate surface area is 179 Å². The maximum atomic E-state index is 13.0. The number of piperidine rings is 1. The number of halogens is 2. The van der Waals surface area contributed by atoms with E-state index < -0.39 is 0 Å². The molecule has 1 saturated heterocycles. The van der Waals surface area contributed by atoms with E-state index in [1.54, 1.807) is 6.20 Å². The highest BCUT2D eigenvalue weighted by atomic mass is 35.5. The van der Waals surface area contributed by atoms with Crippen LogP contribution >= 0.6 is 24.8 Å². The zero-order valence-electron chi connectivity index (χ0n) is 16.3. The first-order valence-corrected chi connectivity index (χ1v) is 9.22. The van der Waals surface area contributed by atoms with E-state index in [0.29, 0.717) is 24.6 Å². The predicted octanol–water partition coefficient (Wildman–Crippen LogP) is 4.01. The van der Waals surface area contributed by atoms with Crippen LogP contribution in [-0.4, -0.2) is 34.9 Å². The molecular weight excluding hydrogens is 397 g/mol. The van der Waals surface area contributed by atoms with Crippen molar-refractivity contribution in [2.75, 3.05) is 13.1 Å². The largest absolute Gasteiger partial charge is 0.487 e. The van der Waals surface area contributed by atoms with Crippen molar-refractivity contribution in [3.8, 4) is 5.75 Å².